The fraction of sp³-hybridized carbons (Fsp3) is 0.571. The number of sulfonamides is 1. The number of hydrogen-bond acceptors (Lipinski definition) is 4. The first-order valence-electron chi connectivity index (χ1n) is 6.83. The number of benzene rings is 1. The molecule has 0 radical (unpaired) electrons. The Morgan fingerprint density at radius 2 is 1.95 bits per heavy atom. The van der Waals surface area contributed by atoms with Crippen molar-refractivity contribution in [2.45, 2.75) is 38.5 Å². The van der Waals surface area contributed by atoms with Crippen LogP contribution < -0.4 is 10.5 Å². The van der Waals surface area contributed by atoms with Crippen molar-refractivity contribution >= 4 is 15.7 Å². The molecule has 0 atom stereocenters. The molecule has 1 aromatic carbocycles. The topological polar surface area (TPSA) is 81.4 Å². The van der Waals surface area contributed by atoms with Crippen LogP contribution in [0.5, 0.6) is 0 Å². The molecule has 0 saturated carbocycles. The molecule has 5 nitrogen and oxygen atoms in total. The van der Waals surface area contributed by atoms with Gasteiger partial charge in [0.25, 0.3) is 0 Å². The van der Waals surface area contributed by atoms with E-state index < -0.39 is 10.0 Å². The Morgan fingerprint density at radius 3 is 2.60 bits per heavy atom. The zero-order valence-electron chi connectivity index (χ0n) is 12.1. The molecule has 0 spiro atoms. The number of hydrogen-bond donors (Lipinski definition) is 2. The van der Waals surface area contributed by atoms with Gasteiger partial charge < -0.3 is 10.5 Å². The maximum absolute atomic E-state index is 11.9. The van der Waals surface area contributed by atoms with Crippen molar-refractivity contribution in [1.82, 2.24) is 4.72 Å². The lowest BCUT2D eigenvalue weighted by molar-refractivity contribution is 0.0762. The van der Waals surface area contributed by atoms with Gasteiger partial charge in [0.05, 0.1) is 11.9 Å². The van der Waals surface area contributed by atoms with E-state index in [1.165, 1.54) is 0 Å². The summed E-state index contributed by atoms with van der Waals surface area (Å²) < 4.78 is 31.8. The van der Waals surface area contributed by atoms with Crippen molar-refractivity contribution in [1.29, 1.82) is 0 Å². The highest BCUT2D eigenvalue weighted by Crippen LogP contribution is 2.13. The molecular weight excluding hydrogens is 276 g/mol. The molecule has 1 rings (SSSR count). The van der Waals surface area contributed by atoms with Gasteiger partial charge in [-0.3, -0.25) is 0 Å². The number of anilines is 1. The van der Waals surface area contributed by atoms with Gasteiger partial charge >= 0.3 is 0 Å². The minimum absolute atomic E-state index is 0.0812. The SMILES string of the molecule is CC(C)OCCCCNS(=O)(=O)Cc1ccccc1N. The van der Waals surface area contributed by atoms with Crippen LogP contribution in [0, 0.1) is 0 Å². The van der Waals surface area contributed by atoms with Gasteiger partial charge in [-0.15, -0.1) is 0 Å². The van der Waals surface area contributed by atoms with E-state index in [9.17, 15) is 8.42 Å². The van der Waals surface area contributed by atoms with Gasteiger partial charge in [0.2, 0.25) is 10.0 Å². The average molecular weight is 300 g/mol. The molecule has 0 unspecified atom stereocenters. The van der Waals surface area contributed by atoms with Gasteiger partial charge in [-0.25, -0.2) is 13.1 Å². The predicted molar refractivity (Wildman–Crippen MR) is 81.8 cm³/mol. The second kappa shape index (κ2) is 8.24. The van der Waals surface area contributed by atoms with E-state index in [2.05, 4.69) is 4.72 Å². The van der Waals surface area contributed by atoms with Crippen molar-refractivity contribution in [2.75, 3.05) is 18.9 Å². The Morgan fingerprint density at radius 1 is 1.25 bits per heavy atom. The summed E-state index contributed by atoms with van der Waals surface area (Å²) in [5.74, 6) is -0.0812. The lowest BCUT2D eigenvalue weighted by atomic mass is 10.2. The highest BCUT2D eigenvalue weighted by molar-refractivity contribution is 7.88. The summed E-state index contributed by atoms with van der Waals surface area (Å²) in [7, 11) is -3.33. The largest absolute Gasteiger partial charge is 0.398 e. The molecular formula is C14H24N2O3S. The van der Waals surface area contributed by atoms with E-state index in [0.717, 1.165) is 12.8 Å². The zero-order valence-corrected chi connectivity index (χ0v) is 12.9. The molecule has 0 bridgehead atoms. The van der Waals surface area contributed by atoms with Crippen LogP contribution in [0.3, 0.4) is 0 Å². The predicted octanol–water partition coefficient (Wildman–Crippen LogP) is 1.89. The molecule has 0 aliphatic rings. The summed E-state index contributed by atoms with van der Waals surface area (Å²) in [4.78, 5) is 0. The molecule has 20 heavy (non-hydrogen) atoms. The van der Waals surface area contributed by atoms with E-state index in [0.29, 0.717) is 24.4 Å². The smallest absolute Gasteiger partial charge is 0.215 e. The highest BCUT2D eigenvalue weighted by Gasteiger charge is 2.12. The Balaban J connectivity index is 2.30. The fourth-order valence-electron chi connectivity index (χ4n) is 1.70. The third-order valence-corrected chi connectivity index (χ3v) is 4.08. The Kier molecular flexibility index (Phi) is 6.98. The lowest BCUT2D eigenvalue weighted by Gasteiger charge is -2.09. The van der Waals surface area contributed by atoms with Gasteiger partial charge in [-0.2, -0.15) is 0 Å². The zero-order chi connectivity index (χ0) is 15.0. The van der Waals surface area contributed by atoms with Crippen molar-refractivity contribution in [3.05, 3.63) is 29.8 Å². The van der Waals surface area contributed by atoms with Crippen LogP contribution in [-0.4, -0.2) is 27.7 Å². The van der Waals surface area contributed by atoms with Crippen molar-refractivity contribution in [3.63, 3.8) is 0 Å². The van der Waals surface area contributed by atoms with E-state index >= 15 is 0 Å². The molecule has 0 aliphatic heterocycles. The standard InChI is InChI=1S/C14H24N2O3S/c1-12(2)19-10-6-5-9-16-20(17,18)11-13-7-3-4-8-14(13)15/h3-4,7-8,12,16H,5-6,9-11,15H2,1-2H3. The van der Waals surface area contributed by atoms with Crippen LogP contribution in [0.15, 0.2) is 24.3 Å². The molecule has 6 heteroatoms. The number of rotatable bonds is 9. The normalized spacial score (nSPS) is 11.9. The van der Waals surface area contributed by atoms with Crippen LogP contribution in [-0.2, 0) is 20.5 Å². The fourth-order valence-corrected chi connectivity index (χ4v) is 2.92. The van der Waals surface area contributed by atoms with Crippen molar-refractivity contribution in [2.24, 2.45) is 0 Å². The van der Waals surface area contributed by atoms with E-state index in [4.69, 9.17) is 10.5 Å². The average Bonchev–Trinajstić information content (AvgIpc) is 2.36. The minimum Gasteiger partial charge on any atom is -0.398 e. The first kappa shape index (κ1) is 16.9. The molecule has 0 aliphatic carbocycles. The van der Waals surface area contributed by atoms with Gasteiger partial charge in [-0.1, -0.05) is 18.2 Å². The highest BCUT2D eigenvalue weighted by atomic mass is 32.2. The molecule has 0 heterocycles. The molecule has 0 aromatic heterocycles. The number of ether oxygens (including phenoxy) is 1. The number of para-hydroxylation sites is 1. The molecule has 0 amide bonds. The number of nitrogen functional groups attached to an aromatic ring is 1. The first-order chi connectivity index (χ1) is 9.41. The number of nitrogens with two attached hydrogens (primary N) is 1. The summed E-state index contributed by atoms with van der Waals surface area (Å²) >= 11 is 0. The van der Waals surface area contributed by atoms with Crippen molar-refractivity contribution < 1.29 is 13.2 Å². The van der Waals surface area contributed by atoms with Crippen LogP contribution in [0.25, 0.3) is 0 Å². The molecule has 114 valence electrons. The summed E-state index contributed by atoms with van der Waals surface area (Å²) in [5, 5.41) is 0. The summed E-state index contributed by atoms with van der Waals surface area (Å²) in [6, 6.07) is 7.00. The molecule has 3 N–H and O–H groups in total. The molecule has 1 aromatic rings. The van der Waals surface area contributed by atoms with Gasteiger partial charge in [0.1, 0.15) is 0 Å². The first-order valence-corrected chi connectivity index (χ1v) is 8.48. The number of nitrogens with one attached hydrogen (secondary N) is 1. The minimum atomic E-state index is -3.33. The Bertz CT molecular complexity index is 501. The summed E-state index contributed by atoms with van der Waals surface area (Å²) in [6.07, 6.45) is 1.82. The Hall–Kier alpha value is -1.11. The summed E-state index contributed by atoms with van der Waals surface area (Å²) in [6.45, 7) is 5.04. The molecule has 0 saturated heterocycles. The summed E-state index contributed by atoms with van der Waals surface area (Å²) in [5.41, 5.74) is 6.87. The quantitative estimate of drug-likeness (QED) is 0.539. The van der Waals surface area contributed by atoms with Gasteiger partial charge in [-0.05, 0) is 38.3 Å². The van der Waals surface area contributed by atoms with E-state index in [1.54, 1.807) is 24.3 Å². The lowest BCUT2D eigenvalue weighted by Crippen LogP contribution is -2.26. The van der Waals surface area contributed by atoms with Crippen molar-refractivity contribution in [3.8, 4) is 0 Å². The van der Waals surface area contributed by atoms with Crippen LogP contribution in [0.2, 0.25) is 0 Å². The van der Waals surface area contributed by atoms with Crippen LogP contribution in [0.1, 0.15) is 32.3 Å². The van der Waals surface area contributed by atoms with Gasteiger partial charge in [0, 0.05) is 18.8 Å². The van der Waals surface area contributed by atoms with Gasteiger partial charge in [0.15, 0.2) is 0 Å². The van der Waals surface area contributed by atoms with E-state index in [-0.39, 0.29) is 11.9 Å². The monoisotopic (exact) mass is 300 g/mol. The van der Waals surface area contributed by atoms with E-state index in [1.807, 2.05) is 13.8 Å². The number of unbranched alkanes of at least 4 members (excludes halogenated alkanes) is 1. The Labute approximate surface area is 121 Å². The maximum atomic E-state index is 11.9. The second-order valence-corrected chi connectivity index (χ2v) is 6.79. The maximum Gasteiger partial charge on any atom is 0.215 e. The van der Waals surface area contributed by atoms with Crippen LogP contribution in [0.4, 0.5) is 5.69 Å². The molecule has 0 fully saturated rings. The third-order valence-electron chi connectivity index (χ3n) is 2.74. The van der Waals surface area contributed by atoms with Crippen LogP contribution >= 0.6 is 0 Å². The third kappa shape index (κ3) is 6.88. The second-order valence-electron chi connectivity index (χ2n) is 4.98.